The van der Waals surface area contributed by atoms with Gasteiger partial charge in [0.05, 0.1) is 17.2 Å². The van der Waals surface area contributed by atoms with E-state index < -0.39 is 0 Å². The number of rotatable bonds is 7. The van der Waals surface area contributed by atoms with E-state index >= 15 is 0 Å². The fourth-order valence-corrected chi connectivity index (χ4v) is 3.92. The molecule has 2 aromatic carbocycles. The Morgan fingerprint density at radius 3 is 2.10 bits per heavy atom. The number of anilines is 2. The fourth-order valence-electron chi connectivity index (χ4n) is 2.45. The molecule has 5 nitrogen and oxygen atoms in total. The third-order valence-electron chi connectivity index (χ3n) is 3.75. The van der Waals surface area contributed by atoms with Gasteiger partial charge >= 0.3 is 0 Å². The molecular weight excluding hydrogens is 416 g/mol. The van der Waals surface area contributed by atoms with E-state index in [-0.39, 0.29) is 35.0 Å². The van der Waals surface area contributed by atoms with Crippen LogP contribution in [0.4, 0.5) is 19.6 Å². The van der Waals surface area contributed by atoms with E-state index in [9.17, 15) is 18.4 Å². The van der Waals surface area contributed by atoms with Gasteiger partial charge in [0.25, 0.3) is 0 Å². The topological polar surface area (TPSA) is 71.1 Å². The number of carbonyl (C=O) groups excluding carboxylic acids is 2. The highest BCUT2D eigenvalue weighted by Crippen LogP contribution is 2.30. The number of nitrogens with one attached hydrogen (secondary N) is 2. The predicted octanol–water partition coefficient (Wildman–Crippen LogP) is 4.71. The average molecular weight is 434 g/mol. The van der Waals surface area contributed by atoms with E-state index in [1.54, 1.807) is 12.1 Å². The van der Waals surface area contributed by atoms with Crippen molar-refractivity contribution in [3.8, 4) is 11.3 Å². The maximum Gasteiger partial charge on any atom is 0.236 e. The molecule has 0 aliphatic carbocycles. The molecule has 0 radical (unpaired) electrons. The summed E-state index contributed by atoms with van der Waals surface area (Å²) in [5.41, 5.74) is 1.96. The maximum absolute atomic E-state index is 13.1. The zero-order valence-corrected chi connectivity index (χ0v) is 17.0. The Labute approximate surface area is 174 Å². The van der Waals surface area contributed by atoms with Crippen LogP contribution in [0.3, 0.4) is 0 Å². The Balaban J connectivity index is 1.47. The number of halogens is 2. The Bertz CT molecular complexity index is 1010. The van der Waals surface area contributed by atoms with E-state index in [2.05, 4.69) is 15.6 Å². The zero-order valence-electron chi connectivity index (χ0n) is 15.4. The molecule has 3 rings (SSSR count). The van der Waals surface area contributed by atoms with Crippen molar-refractivity contribution in [3.05, 3.63) is 65.0 Å². The molecule has 0 unspecified atom stereocenters. The van der Waals surface area contributed by atoms with Gasteiger partial charge in [-0.2, -0.15) is 0 Å². The molecule has 1 aromatic heterocycles. The maximum atomic E-state index is 13.1. The number of carbonyl (C=O) groups is 2. The van der Waals surface area contributed by atoms with Crippen LogP contribution in [0.5, 0.6) is 0 Å². The van der Waals surface area contributed by atoms with Crippen LogP contribution >= 0.6 is 23.1 Å². The fraction of sp³-hybridized carbons (Fsp3) is 0.150. The molecule has 0 saturated heterocycles. The van der Waals surface area contributed by atoms with Crippen molar-refractivity contribution in [2.75, 3.05) is 22.1 Å². The summed E-state index contributed by atoms with van der Waals surface area (Å²) in [6.07, 6.45) is 0. The van der Waals surface area contributed by atoms with Crippen molar-refractivity contribution in [1.82, 2.24) is 4.98 Å². The highest BCUT2D eigenvalue weighted by Gasteiger charge is 2.13. The van der Waals surface area contributed by atoms with Gasteiger partial charge in [-0.05, 0) is 55.5 Å². The quantitative estimate of drug-likeness (QED) is 0.566. The number of hydrogen-bond donors (Lipinski definition) is 2. The molecule has 0 saturated carbocycles. The highest BCUT2D eigenvalue weighted by atomic mass is 32.2. The molecule has 0 fully saturated rings. The van der Waals surface area contributed by atoms with E-state index in [0.717, 1.165) is 22.2 Å². The summed E-state index contributed by atoms with van der Waals surface area (Å²) >= 11 is 2.49. The van der Waals surface area contributed by atoms with Gasteiger partial charge in [-0.3, -0.25) is 9.59 Å². The first-order valence-electron chi connectivity index (χ1n) is 8.57. The first-order valence-corrected chi connectivity index (χ1v) is 10.5. The average Bonchev–Trinajstić information content (AvgIpc) is 3.04. The molecular formula is C20H17F2N3O2S2. The SMILES string of the molecule is Cc1sc(NC(=O)CSCC(=O)Nc2ccc(F)cc2)nc1-c1ccc(F)cc1. The van der Waals surface area contributed by atoms with Crippen molar-refractivity contribution in [2.45, 2.75) is 6.92 Å². The third kappa shape index (κ3) is 6.10. The normalized spacial score (nSPS) is 10.6. The smallest absolute Gasteiger partial charge is 0.236 e. The lowest BCUT2D eigenvalue weighted by atomic mass is 10.1. The summed E-state index contributed by atoms with van der Waals surface area (Å²) in [6.45, 7) is 1.88. The standard InChI is InChI=1S/C20H17F2N3O2S2/c1-12-19(13-2-4-14(21)5-3-13)25-20(29-12)24-18(27)11-28-10-17(26)23-16-8-6-15(22)7-9-16/h2-9H,10-11H2,1H3,(H,23,26)(H,24,25,27). The number of thiazole rings is 1. The van der Waals surface area contributed by atoms with Gasteiger partial charge in [-0.15, -0.1) is 23.1 Å². The molecule has 0 aliphatic heterocycles. The van der Waals surface area contributed by atoms with Gasteiger partial charge in [0.2, 0.25) is 11.8 Å². The molecule has 0 spiro atoms. The molecule has 1 heterocycles. The monoisotopic (exact) mass is 433 g/mol. The van der Waals surface area contributed by atoms with Gasteiger partial charge in [-0.1, -0.05) is 0 Å². The van der Waals surface area contributed by atoms with E-state index in [1.165, 1.54) is 47.7 Å². The summed E-state index contributed by atoms with van der Waals surface area (Å²) in [5, 5.41) is 5.79. The lowest BCUT2D eigenvalue weighted by Gasteiger charge is -2.05. The molecule has 2 N–H and O–H groups in total. The van der Waals surface area contributed by atoms with E-state index in [4.69, 9.17) is 0 Å². The molecule has 29 heavy (non-hydrogen) atoms. The van der Waals surface area contributed by atoms with Crippen LogP contribution in [-0.2, 0) is 9.59 Å². The zero-order chi connectivity index (χ0) is 20.8. The van der Waals surface area contributed by atoms with Crippen LogP contribution in [0.15, 0.2) is 48.5 Å². The van der Waals surface area contributed by atoms with Crippen molar-refractivity contribution in [1.29, 1.82) is 0 Å². The molecule has 0 bridgehead atoms. The summed E-state index contributed by atoms with van der Waals surface area (Å²) in [6, 6.07) is 11.4. The number of aromatic nitrogens is 1. The van der Waals surface area contributed by atoms with Crippen molar-refractivity contribution < 1.29 is 18.4 Å². The number of thioether (sulfide) groups is 1. The van der Waals surface area contributed by atoms with Crippen LogP contribution in [0.1, 0.15) is 4.88 Å². The second kappa shape index (κ2) is 9.62. The lowest BCUT2D eigenvalue weighted by molar-refractivity contribution is -0.114. The van der Waals surface area contributed by atoms with Crippen LogP contribution in [0.2, 0.25) is 0 Å². The summed E-state index contributed by atoms with van der Waals surface area (Å²) in [7, 11) is 0. The molecule has 2 amide bonds. The lowest BCUT2D eigenvalue weighted by Crippen LogP contribution is -2.18. The molecule has 0 atom stereocenters. The van der Waals surface area contributed by atoms with Gasteiger partial charge in [0.15, 0.2) is 5.13 Å². The van der Waals surface area contributed by atoms with Crippen molar-refractivity contribution in [3.63, 3.8) is 0 Å². The first kappa shape index (κ1) is 20.9. The largest absolute Gasteiger partial charge is 0.325 e. The minimum atomic E-state index is -0.381. The Hall–Kier alpha value is -2.78. The predicted molar refractivity (Wildman–Crippen MR) is 113 cm³/mol. The number of benzene rings is 2. The van der Waals surface area contributed by atoms with Crippen LogP contribution in [-0.4, -0.2) is 28.3 Å². The van der Waals surface area contributed by atoms with E-state index in [1.807, 2.05) is 6.92 Å². The molecule has 9 heteroatoms. The Morgan fingerprint density at radius 1 is 0.931 bits per heavy atom. The van der Waals surface area contributed by atoms with Crippen molar-refractivity contribution >= 4 is 45.7 Å². The number of amides is 2. The van der Waals surface area contributed by atoms with Crippen LogP contribution < -0.4 is 10.6 Å². The number of nitrogens with zero attached hydrogens (tertiary/aromatic N) is 1. The van der Waals surface area contributed by atoms with Gasteiger partial charge in [0.1, 0.15) is 11.6 Å². The van der Waals surface area contributed by atoms with Gasteiger partial charge in [0, 0.05) is 16.1 Å². The van der Waals surface area contributed by atoms with Crippen LogP contribution in [0, 0.1) is 18.6 Å². The second-order valence-electron chi connectivity index (χ2n) is 6.03. The number of hydrogen-bond acceptors (Lipinski definition) is 5. The van der Waals surface area contributed by atoms with E-state index in [0.29, 0.717) is 16.5 Å². The minimum absolute atomic E-state index is 0.0847. The molecule has 3 aromatic rings. The van der Waals surface area contributed by atoms with Crippen molar-refractivity contribution in [2.24, 2.45) is 0 Å². The van der Waals surface area contributed by atoms with Crippen LogP contribution in [0.25, 0.3) is 11.3 Å². The minimum Gasteiger partial charge on any atom is -0.325 e. The molecule has 150 valence electrons. The van der Waals surface area contributed by atoms with Gasteiger partial charge in [-0.25, -0.2) is 13.8 Å². The molecule has 0 aliphatic rings. The van der Waals surface area contributed by atoms with Gasteiger partial charge < -0.3 is 10.6 Å². The third-order valence-corrected chi connectivity index (χ3v) is 5.57. The number of aryl methyl sites for hydroxylation is 1. The Kier molecular flexibility index (Phi) is 6.95. The summed E-state index contributed by atoms with van der Waals surface area (Å²) < 4.78 is 25.9. The second-order valence-corrected chi connectivity index (χ2v) is 8.22. The highest BCUT2D eigenvalue weighted by molar-refractivity contribution is 8.00. The summed E-state index contributed by atoms with van der Waals surface area (Å²) in [4.78, 5) is 29.3. The Morgan fingerprint density at radius 2 is 1.48 bits per heavy atom. The summed E-state index contributed by atoms with van der Waals surface area (Å²) in [5.74, 6) is -1.09. The first-order chi connectivity index (χ1) is 13.9.